The third kappa shape index (κ3) is 3.27. The summed E-state index contributed by atoms with van der Waals surface area (Å²) in [5.41, 5.74) is 0. The van der Waals surface area contributed by atoms with E-state index in [2.05, 4.69) is 10.6 Å². The molecule has 1 heterocycles. The molecule has 2 rings (SSSR count). The monoisotopic (exact) mass is 278 g/mol. The summed E-state index contributed by atoms with van der Waals surface area (Å²) in [5.74, 6) is 0.0801. The van der Waals surface area contributed by atoms with Gasteiger partial charge in [-0.1, -0.05) is 18.2 Å². The molecular weight excluding hydrogens is 260 g/mol. The highest BCUT2D eigenvalue weighted by atomic mass is 16.5. The lowest BCUT2D eigenvalue weighted by atomic mass is 9.94. The number of para-hydroxylation sites is 1. The lowest BCUT2D eigenvalue weighted by Crippen LogP contribution is -2.72. The van der Waals surface area contributed by atoms with Crippen molar-refractivity contribution in [2.45, 2.75) is 25.1 Å². The average Bonchev–Trinajstić information content (AvgIpc) is 2.48. The number of nitrogens with one attached hydrogen (secondary N) is 2. The van der Waals surface area contributed by atoms with Gasteiger partial charge in [0.05, 0.1) is 12.1 Å². The van der Waals surface area contributed by atoms with Gasteiger partial charge in [0, 0.05) is 7.11 Å². The fraction of sp³-hybridized carbons (Fsp3) is 0.429. The van der Waals surface area contributed by atoms with Crippen molar-refractivity contribution >= 4 is 11.8 Å². The maximum Gasteiger partial charge on any atom is 0.258 e. The van der Waals surface area contributed by atoms with Crippen molar-refractivity contribution in [3.05, 3.63) is 30.3 Å². The van der Waals surface area contributed by atoms with Crippen molar-refractivity contribution in [2.24, 2.45) is 0 Å². The first-order valence-corrected chi connectivity index (χ1v) is 6.42. The van der Waals surface area contributed by atoms with Gasteiger partial charge in [0.2, 0.25) is 5.91 Å². The Morgan fingerprint density at radius 1 is 1.40 bits per heavy atom. The Balaban J connectivity index is 1.80. The van der Waals surface area contributed by atoms with Gasteiger partial charge in [-0.2, -0.15) is 0 Å². The van der Waals surface area contributed by atoms with Gasteiger partial charge in [0.15, 0.2) is 6.61 Å². The van der Waals surface area contributed by atoms with Crippen LogP contribution in [0.4, 0.5) is 0 Å². The third-order valence-corrected chi connectivity index (χ3v) is 3.26. The highest BCUT2D eigenvalue weighted by Gasteiger charge is 2.43. The molecule has 2 N–H and O–H groups in total. The number of ether oxygens (including phenoxy) is 2. The van der Waals surface area contributed by atoms with E-state index in [-0.39, 0.29) is 30.6 Å². The summed E-state index contributed by atoms with van der Waals surface area (Å²) < 4.78 is 10.5. The predicted molar refractivity (Wildman–Crippen MR) is 72.3 cm³/mol. The molecular formula is C14H18N2O4. The number of rotatable bonds is 6. The van der Waals surface area contributed by atoms with Crippen molar-refractivity contribution in [1.29, 1.82) is 0 Å². The standard InChI is InChI=1S/C14H18N2O4/c1-9(19-2)12-13(14(18)16-12)15-11(17)8-20-10-6-4-3-5-7-10/h3-7,9,12-13H,8H2,1-2H3,(H,15,17)(H,16,18)/t9?,12-,13+/m1/s1. The van der Waals surface area contributed by atoms with Gasteiger partial charge < -0.3 is 20.1 Å². The molecule has 1 unspecified atom stereocenters. The van der Waals surface area contributed by atoms with Crippen molar-refractivity contribution in [3.63, 3.8) is 0 Å². The molecule has 1 aromatic carbocycles. The summed E-state index contributed by atoms with van der Waals surface area (Å²) in [6.07, 6.45) is -0.159. The van der Waals surface area contributed by atoms with E-state index in [1.54, 1.807) is 19.2 Å². The van der Waals surface area contributed by atoms with E-state index in [0.29, 0.717) is 5.75 Å². The lowest BCUT2D eigenvalue weighted by molar-refractivity contribution is -0.140. The Kier molecular flexibility index (Phi) is 4.57. The molecule has 1 saturated heterocycles. The molecule has 2 amide bonds. The van der Waals surface area contributed by atoms with Gasteiger partial charge >= 0.3 is 0 Å². The van der Waals surface area contributed by atoms with E-state index in [9.17, 15) is 9.59 Å². The zero-order valence-electron chi connectivity index (χ0n) is 11.5. The summed E-state index contributed by atoms with van der Waals surface area (Å²) in [6.45, 7) is 1.71. The second-order valence-electron chi connectivity index (χ2n) is 4.62. The van der Waals surface area contributed by atoms with Gasteiger partial charge in [-0.15, -0.1) is 0 Å². The quantitative estimate of drug-likeness (QED) is 0.723. The second kappa shape index (κ2) is 6.38. The Bertz CT molecular complexity index is 477. The van der Waals surface area contributed by atoms with Crippen LogP contribution < -0.4 is 15.4 Å². The number of carbonyl (C=O) groups excluding carboxylic acids is 2. The first-order valence-electron chi connectivity index (χ1n) is 6.42. The molecule has 0 radical (unpaired) electrons. The zero-order chi connectivity index (χ0) is 14.5. The van der Waals surface area contributed by atoms with Crippen LogP contribution in [-0.4, -0.2) is 43.7 Å². The van der Waals surface area contributed by atoms with E-state index < -0.39 is 6.04 Å². The second-order valence-corrected chi connectivity index (χ2v) is 4.62. The van der Waals surface area contributed by atoms with E-state index in [1.807, 2.05) is 25.1 Å². The summed E-state index contributed by atoms with van der Waals surface area (Å²) in [5, 5.41) is 5.35. The topological polar surface area (TPSA) is 76.7 Å². The fourth-order valence-electron chi connectivity index (χ4n) is 1.98. The van der Waals surface area contributed by atoms with Crippen LogP contribution in [0, 0.1) is 0 Å². The SMILES string of the molecule is COC(C)[C@H]1NC(=O)[C@H]1NC(=O)COc1ccccc1. The molecule has 1 aliphatic heterocycles. The summed E-state index contributed by atoms with van der Waals surface area (Å²) in [7, 11) is 1.56. The number of β-lactam (4-membered cyclic amide) rings is 1. The summed E-state index contributed by atoms with van der Waals surface area (Å²) >= 11 is 0. The minimum atomic E-state index is -0.558. The van der Waals surface area contributed by atoms with Crippen molar-refractivity contribution in [3.8, 4) is 5.75 Å². The van der Waals surface area contributed by atoms with Gasteiger partial charge in [-0.05, 0) is 19.1 Å². The maximum absolute atomic E-state index is 11.8. The highest BCUT2D eigenvalue weighted by molar-refractivity contribution is 5.93. The van der Waals surface area contributed by atoms with Gasteiger partial charge in [-0.3, -0.25) is 9.59 Å². The molecule has 0 saturated carbocycles. The molecule has 0 aromatic heterocycles. The Morgan fingerprint density at radius 3 is 2.70 bits per heavy atom. The summed E-state index contributed by atoms with van der Waals surface area (Å²) in [4.78, 5) is 23.2. The average molecular weight is 278 g/mol. The molecule has 0 aliphatic carbocycles. The van der Waals surface area contributed by atoms with Crippen LogP contribution in [0.5, 0.6) is 5.75 Å². The van der Waals surface area contributed by atoms with E-state index in [0.717, 1.165) is 0 Å². The van der Waals surface area contributed by atoms with Crippen LogP contribution in [-0.2, 0) is 14.3 Å². The zero-order valence-corrected chi connectivity index (χ0v) is 11.5. The van der Waals surface area contributed by atoms with Gasteiger partial charge in [0.25, 0.3) is 5.91 Å². The van der Waals surface area contributed by atoms with Crippen molar-refractivity contribution in [1.82, 2.24) is 10.6 Å². The van der Waals surface area contributed by atoms with Gasteiger partial charge in [0.1, 0.15) is 11.8 Å². The molecule has 1 aliphatic rings. The van der Waals surface area contributed by atoms with E-state index >= 15 is 0 Å². The van der Waals surface area contributed by atoms with Crippen LogP contribution >= 0.6 is 0 Å². The van der Waals surface area contributed by atoms with E-state index in [1.165, 1.54) is 0 Å². The smallest absolute Gasteiger partial charge is 0.258 e. The third-order valence-electron chi connectivity index (χ3n) is 3.26. The van der Waals surface area contributed by atoms with Crippen LogP contribution in [0.1, 0.15) is 6.92 Å². The number of benzene rings is 1. The molecule has 1 fully saturated rings. The largest absolute Gasteiger partial charge is 0.484 e. The van der Waals surface area contributed by atoms with Gasteiger partial charge in [-0.25, -0.2) is 0 Å². The minimum Gasteiger partial charge on any atom is -0.484 e. The lowest BCUT2D eigenvalue weighted by Gasteiger charge is -2.39. The minimum absolute atomic E-state index is 0.123. The maximum atomic E-state index is 11.8. The molecule has 3 atom stereocenters. The molecule has 1 aromatic rings. The normalized spacial score (nSPS) is 22.4. The highest BCUT2D eigenvalue weighted by Crippen LogP contribution is 2.13. The number of hydrogen-bond acceptors (Lipinski definition) is 4. The number of methoxy groups -OCH3 is 1. The Labute approximate surface area is 117 Å². The van der Waals surface area contributed by atoms with Crippen LogP contribution in [0.3, 0.4) is 0 Å². The van der Waals surface area contributed by atoms with Crippen LogP contribution in [0.25, 0.3) is 0 Å². The molecule has 6 heteroatoms. The molecule has 0 bridgehead atoms. The Hall–Kier alpha value is -2.08. The van der Waals surface area contributed by atoms with E-state index in [4.69, 9.17) is 9.47 Å². The molecule has 6 nitrogen and oxygen atoms in total. The molecule has 20 heavy (non-hydrogen) atoms. The fourth-order valence-corrected chi connectivity index (χ4v) is 1.98. The molecule has 0 spiro atoms. The molecule has 108 valence electrons. The first kappa shape index (κ1) is 14.3. The Morgan fingerprint density at radius 2 is 2.10 bits per heavy atom. The first-order chi connectivity index (χ1) is 9.61. The summed E-state index contributed by atoms with van der Waals surface area (Å²) in [6, 6.07) is 8.27. The predicted octanol–water partition coefficient (Wildman–Crippen LogP) is 0.0835. The number of hydrogen-bond donors (Lipinski definition) is 2. The van der Waals surface area contributed by atoms with Crippen LogP contribution in [0.2, 0.25) is 0 Å². The number of carbonyl (C=O) groups is 2. The van der Waals surface area contributed by atoms with Crippen molar-refractivity contribution in [2.75, 3.05) is 13.7 Å². The number of amides is 2. The van der Waals surface area contributed by atoms with Crippen LogP contribution in [0.15, 0.2) is 30.3 Å². The van der Waals surface area contributed by atoms with Crippen molar-refractivity contribution < 1.29 is 19.1 Å².